The van der Waals surface area contributed by atoms with Gasteiger partial charge in [-0.15, -0.1) is 0 Å². The SMILES string of the molecule is CCOC(=O)/C(C#N)=C/c1ccncc1Br. The highest BCUT2D eigenvalue weighted by molar-refractivity contribution is 9.10. The first-order valence-electron chi connectivity index (χ1n) is 4.57. The summed E-state index contributed by atoms with van der Waals surface area (Å²) in [7, 11) is 0. The minimum Gasteiger partial charge on any atom is -0.462 e. The number of esters is 1. The van der Waals surface area contributed by atoms with Gasteiger partial charge in [0.25, 0.3) is 0 Å². The fourth-order valence-electron chi connectivity index (χ4n) is 1.00. The average molecular weight is 281 g/mol. The molecule has 0 atom stereocenters. The van der Waals surface area contributed by atoms with Crippen LogP contribution in [0.25, 0.3) is 6.08 Å². The van der Waals surface area contributed by atoms with Gasteiger partial charge >= 0.3 is 5.97 Å². The summed E-state index contributed by atoms with van der Waals surface area (Å²) in [6.45, 7) is 1.94. The molecule has 82 valence electrons. The molecule has 0 unspecified atom stereocenters. The van der Waals surface area contributed by atoms with E-state index in [1.807, 2.05) is 6.07 Å². The second-order valence-electron chi connectivity index (χ2n) is 2.79. The Hall–Kier alpha value is -1.67. The molecule has 16 heavy (non-hydrogen) atoms. The van der Waals surface area contributed by atoms with Crippen LogP contribution in [0.2, 0.25) is 0 Å². The quantitative estimate of drug-likeness (QED) is 0.484. The number of hydrogen-bond acceptors (Lipinski definition) is 4. The number of ether oxygens (including phenoxy) is 1. The van der Waals surface area contributed by atoms with Crippen LogP contribution in [0, 0.1) is 11.3 Å². The van der Waals surface area contributed by atoms with Gasteiger partial charge in [-0.1, -0.05) is 0 Å². The van der Waals surface area contributed by atoms with E-state index in [9.17, 15) is 4.79 Å². The van der Waals surface area contributed by atoms with E-state index in [-0.39, 0.29) is 12.2 Å². The van der Waals surface area contributed by atoms with Crippen LogP contribution in [-0.4, -0.2) is 17.6 Å². The smallest absolute Gasteiger partial charge is 0.348 e. The van der Waals surface area contributed by atoms with E-state index in [0.717, 1.165) is 0 Å². The number of halogens is 1. The Morgan fingerprint density at radius 2 is 2.50 bits per heavy atom. The van der Waals surface area contributed by atoms with Crippen molar-refractivity contribution in [3.63, 3.8) is 0 Å². The first kappa shape index (κ1) is 12.4. The van der Waals surface area contributed by atoms with Gasteiger partial charge in [0.15, 0.2) is 0 Å². The molecule has 0 saturated heterocycles. The predicted octanol–water partition coefficient (Wildman–Crippen LogP) is 2.31. The van der Waals surface area contributed by atoms with Crippen LogP contribution in [0.5, 0.6) is 0 Å². The Balaban J connectivity index is 3.02. The highest BCUT2D eigenvalue weighted by atomic mass is 79.9. The average Bonchev–Trinajstić information content (AvgIpc) is 2.28. The minimum atomic E-state index is -0.617. The Morgan fingerprint density at radius 1 is 1.75 bits per heavy atom. The van der Waals surface area contributed by atoms with Crippen LogP contribution in [0.15, 0.2) is 28.5 Å². The molecule has 1 rings (SSSR count). The zero-order valence-electron chi connectivity index (χ0n) is 8.61. The van der Waals surface area contributed by atoms with E-state index >= 15 is 0 Å². The van der Waals surface area contributed by atoms with E-state index in [2.05, 4.69) is 20.9 Å². The summed E-state index contributed by atoms with van der Waals surface area (Å²) in [6.07, 6.45) is 4.63. The third-order valence-corrected chi connectivity index (χ3v) is 2.38. The van der Waals surface area contributed by atoms with Gasteiger partial charge in [0.05, 0.1) is 6.61 Å². The predicted molar refractivity (Wildman–Crippen MR) is 62.2 cm³/mol. The molecule has 1 heterocycles. The maximum absolute atomic E-state index is 11.3. The van der Waals surface area contributed by atoms with Gasteiger partial charge in [-0.2, -0.15) is 5.26 Å². The van der Waals surface area contributed by atoms with Gasteiger partial charge in [-0.3, -0.25) is 4.98 Å². The van der Waals surface area contributed by atoms with Crippen LogP contribution in [0.4, 0.5) is 0 Å². The Kier molecular flexibility index (Phi) is 4.67. The molecule has 0 bridgehead atoms. The summed E-state index contributed by atoms with van der Waals surface area (Å²) in [5.74, 6) is -0.617. The van der Waals surface area contributed by atoms with Crippen molar-refractivity contribution in [1.29, 1.82) is 5.26 Å². The Labute approximate surface area is 102 Å². The van der Waals surface area contributed by atoms with Crippen molar-refractivity contribution in [3.05, 3.63) is 34.1 Å². The maximum atomic E-state index is 11.3. The number of hydrogen-bond donors (Lipinski definition) is 0. The van der Waals surface area contributed by atoms with Gasteiger partial charge in [0.2, 0.25) is 0 Å². The number of pyridine rings is 1. The first-order valence-corrected chi connectivity index (χ1v) is 5.36. The Morgan fingerprint density at radius 3 is 3.06 bits per heavy atom. The van der Waals surface area contributed by atoms with E-state index in [1.54, 1.807) is 25.4 Å². The lowest BCUT2D eigenvalue weighted by atomic mass is 10.2. The molecule has 0 fully saturated rings. The molecule has 0 N–H and O–H groups in total. The van der Waals surface area contributed by atoms with Crippen molar-refractivity contribution in [2.75, 3.05) is 6.61 Å². The molecule has 0 radical (unpaired) electrons. The van der Waals surface area contributed by atoms with Gasteiger partial charge < -0.3 is 4.74 Å². The molecule has 0 amide bonds. The highest BCUT2D eigenvalue weighted by Crippen LogP contribution is 2.17. The number of nitrogens with zero attached hydrogens (tertiary/aromatic N) is 2. The summed E-state index contributed by atoms with van der Waals surface area (Å²) < 4.78 is 5.46. The third kappa shape index (κ3) is 3.17. The monoisotopic (exact) mass is 280 g/mol. The normalized spacial score (nSPS) is 10.7. The van der Waals surface area contributed by atoms with Gasteiger partial charge in [0, 0.05) is 16.9 Å². The lowest BCUT2D eigenvalue weighted by Gasteiger charge is -2.00. The van der Waals surface area contributed by atoms with Crippen molar-refractivity contribution in [2.24, 2.45) is 0 Å². The first-order chi connectivity index (χ1) is 7.69. The number of aromatic nitrogens is 1. The molecule has 4 nitrogen and oxygen atoms in total. The molecule has 0 aliphatic carbocycles. The molecule has 1 aromatic heterocycles. The lowest BCUT2D eigenvalue weighted by molar-refractivity contribution is -0.137. The summed E-state index contributed by atoms with van der Waals surface area (Å²) in [5, 5.41) is 8.83. The number of nitriles is 1. The molecule has 0 aliphatic heterocycles. The molecule has 5 heteroatoms. The number of carbonyl (C=O) groups excluding carboxylic acids is 1. The van der Waals surface area contributed by atoms with Crippen molar-refractivity contribution in [2.45, 2.75) is 6.92 Å². The van der Waals surface area contributed by atoms with E-state index < -0.39 is 5.97 Å². The zero-order valence-corrected chi connectivity index (χ0v) is 10.2. The van der Waals surface area contributed by atoms with Crippen molar-refractivity contribution >= 4 is 28.0 Å². The lowest BCUT2D eigenvalue weighted by Crippen LogP contribution is -2.06. The fraction of sp³-hybridized carbons (Fsp3) is 0.182. The summed E-state index contributed by atoms with van der Waals surface area (Å²) in [5.41, 5.74) is 0.674. The zero-order chi connectivity index (χ0) is 12.0. The largest absolute Gasteiger partial charge is 0.462 e. The molecule has 1 aromatic rings. The summed E-state index contributed by atoms with van der Waals surface area (Å²) >= 11 is 3.27. The van der Waals surface area contributed by atoms with E-state index in [4.69, 9.17) is 10.00 Å². The highest BCUT2D eigenvalue weighted by Gasteiger charge is 2.10. The van der Waals surface area contributed by atoms with Gasteiger partial charge in [0.1, 0.15) is 11.6 Å². The molecule has 0 spiro atoms. The second kappa shape index (κ2) is 6.03. The van der Waals surface area contributed by atoms with E-state index in [0.29, 0.717) is 10.0 Å². The maximum Gasteiger partial charge on any atom is 0.348 e. The fourth-order valence-corrected chi connectivity index (χ4v) is 1.37. The van der Waals surface area contributed by atoms with Crippen molar-refractivity contribution < 1.29 is 9.53 Å². The van der Waals surface area contributed by atoms with Crippen LogP contribution in [0.3, 0.4) is 0 Å². The van der Waals surface area contributed by atoms with Crippen LogP contribution in [0.1, 0.15) is 12.5 Å². The third-order valence-electron chi connectivity index (χ3n) is 1.72. The molecule has 0 saturated carbocycles. The van der Waals surface area contributed by atoms with Gasteiger partial charge in [-0.25, -0.2) is 4.79 Å². The molecule has 0 aliphatic rings. The summed E-state index contributed by atoms with van der Waals surface area (Å²) in [6, 6.07) is 3.50. The molecular weight excluding hydrogens is 272 g/mol. The van der Waals surface area contributed by atoms with Crippen LogP contribution in [-0.2, 0) is 9.53 Å². The Bertz CT molecular complexity index is 463. The molecular formula is C11H9BrN2O2. The van der Waals surface area contributed by atoms with Crippen LogP contribution >= 0.6 is 15.9 Å². The van der Waals surface area contributed by atoms with E-state index in [1.165, 1.54) is 6.08 Å². The summed E-state index contributed by atoms with van der Waals surface area (Å²) in [4.78, 5) is 15.2. The molecule has 0 aromatic carbocycles. The number of carbonyl (C=O) groups is 1. The van der Waals surface area contributed by atoms with Crippen molar-refractivity contribution in [1.82, 2.24) is 4.98 Å². The topological polar surface area (TPSA) is 63.0 Å². The second-order valence-corrected chi connectivity index (χ2v) is 3.64. The van der Waals surface area contributed by atoms with Gasteiger partial charge in [-0.05, 0) is 40.6 Å². The number of rotatable bonds is 3. The minimum absolute atomic E-state index is 0.0336. The van der Waals surface area contributed by atoms with Crippen molar-refractivity contribution in [3.8, 4) is 6.07 Å². The standard InChI is InChI=1S/C11H9BrN2O2/c1-2-16-11(15)9(6-13)5-8-3-4-14-7-10(8)12/h3-5,7H,2H2,1H3/b9-5+. The van der Waals surface area contributed by atoms with Crippen LogP contribution < -0.4 is 0 Å².